The number of aromatic amines is 1. The second-order valence-electron chi connectivity index (χ2n) is 5.56. The second-order valence-corrected chi connectivity index (χ2v) is 6.96. The average molecular weight is 377 g/mol. The number of hydrogen-bond donors (Lipinski definition) is 1. The van der Waals surface area contributed by atoms with E-state index in [1.54, 1.807) is 30.1 Å². The fourth-order valence-corrected chi connectivity index (χ4v) is 3.74. The second kappa shape index (κ2) is 7.07. The van der Waals surface area contributed by atoms with Crippen molar-refractivity contribution in [2.45, 2.75) is 17.5 Å². The van der Waals surface area contributed by atoms with Crippen LogP contribution in [0.25, 0.3) is 11.3 Å². The van der Waals surface area contributed by atoms with Crippen molar-refractivity contribution in [3.63, 3.8) is 0 Å². The molecule has 0 bridgehead atoms. The number of rotatable bonds is 4. The molecule has 4 nitrogen and oxygen atoms in total. The first-order chi connectivity index (χ1) is 12.2. The van der Waals surface area contributed by atoms with E-state index >= 15 is 0 Å². The minimum atomic E-state index is -0.257. The van der Waals surface area contributed by atoms with Crippen molar-refractivity contribution in [3.05, 3.63) is 64.6 Å². The molecule has 1 N–H and O–H groups in total. The Morgan fingerprint density at radius 2 is 2.08 bits per heavy atom. The number of ether oxygens (including phenoxy) is 2. The van der Waals surface area contributed by atoms with Gasteiger partial charge in [0.15, 0.2) is 11.9 Å². The molecule has 0 aliphatic carbocycles. The van der Waals surface area contributed by atoms with Gasteiger partial charge < -0.3 is 14.5 Å². The van der Waals surface area contributed by atoms with E-state index < -0.39 is 0 Å². The molecule has 0 atom stereocenters. The Hall–Kier alpha value is -2.02. The molecule has 128 valence electrons. The van der Waals surface area contributed by atoms with Gasteiger partial charge >= 0.3 is 0 Å². The van der Waals surface area contributed by atoms with Crippen molar-refractivity contribution in [2.75, 3.05) is 6.79 Å². The highest BCUT2D eigenvalue weighted by Crippen LogP contribution is 2.35. The lowest BCUT2D eigenvalue weighted by atomic mass is 10.1. The number of fused-ring (bicyclic) bond motifs is 1. The molecule has 0 radical (unpaired) electrons. The largest absolute Gasteiger partial charge is 0.467 e. The summed E-state index contributed by atoms with van der Waals surface area (Å²) in [5, 5.41) is 1.44. The van der Waals surface area contributed by atoms with Crippen molar-refractivity contribution in [1.82, 2.24) is 9.97 Å². The summed E-state index contributed by atoms with van der Waals surface area (Å²) < 4.78 is 23.9. The van der Waals surface area contributed by atoms with Gasteiger partial charge in [0.1, 0.15) is 11.6 Å². The first-order valence-electron chi connectivity index (χ1n) is 7.64. The number of imidazole rings is 1. The van der Waals surface area contributed by atoms with E-state index in [-0.39, 0.29) is 12.6 Å². The van der Waals surface area contributed by atoms with Gasteiger partial charge in [0.05, 0.1) is 18.5 Å². The van der Waals surface area contributed by atoms with Gasteiger partial charge in [-0.25, -0.2) is 9.37 Å². The lowest BCUT2D eigenvalue weighted by molar-refractivity contribution is -0.0168. The van der Waals surface area contributed by atoms with Gasteiger partial charge in [-0.15, -0.1) is 0 Å². The van der Waals surface area contributed by atoms with E-state index in [1.807, 2.05) is 12.1 Å². The highest BCUT2D eigenvalue weighted by atomic mass is 35.5. The fraction of sp³-hybridized carbons (Fsp3) is 0.167. The molecule has 0 unspecified atom stereocenters. The molecule has 1 aliphatic heterocycles. The van der Waals surface area contributed by atoms with Crippen LogP contribution in [0.1, 0.15) is 11.1 Å². The van der Waals surface area contributed by atoms with Crippen LogP contribution in [-0.2, 0) is 17.1 Å². The minimum absolute atomic E-state index is 0.252. The molecular formula is C18H14ClFN2O2S. The molecule has 7 heteroatoms. The standard InChI is InChI=1S/C18H14ClFN2O2S/c19-14-5-12-8-23-10-24-17(12)13(6-14)9-25-18-21-7-16(22-18)11-1-3-15(20)4-2-11/h1-7H,8-10H2,(H,21,22). The Morgan fingerprint density at radius 1 is 1.24 bits per heavy atom. The van der Waals surface area contributed by atoms with Crippen LogP contribution < -0.4 is 4.74 Å². The van der Waals surface area contributed by atoms with Gasteiger partial charge in [-0.1, -0.05) is 23.4 Å². The maximum absolute atomic E-state index is 13.0. The predicted octanol–water partition coefficient (Wildman–Crippen LogP) is 5.03. The molecule has 25 heavy (non-hydrogen) atoms. The molecule has 4 rings (SSSR count). The number of aromatic nitrogens is 2. The van der Waals surface area contributed by atoms with E-state index in [0.29, 0.717) is 17.4 Å². The lowest BCUT2D eigenvalue weighted by Gasteiger charge is -2.20. The van der Waals surface area contributed by atoms with Crippen molar-refractivity contribution in [2.24, 2.45) is 0 Å². The summed E-state index contributed by atoms with van der Waals surface area (Å²) in [7, 11) is 0. The maximum Gasteiger partial charge on any atom is 0.189 e. The smallest absolute Gasteiger partial charge is 0.189 e. The summed E-state index contributed by atoms with van der Waals surface area (Å²) in [6, 6.07) is 10.1. The maximum atomic E-state index is 13.0. The molecule has 1 aromatic heterocycles. The van der Waals surface area contributed by atoms with Crippen molar-refractivity contribution in [3.8, 4) is 17.0 Å². The number of nitrogens with one attached hydrogen (secondary N) is 1. The van der Waals surface area contributed by atoms with E-state index in [1.165, 1.54) is 12.1 Å². The summed E-state index contributed by atoms with van der Waals surface area (Å²) in [5.41, 5.74) is 3.71. The Kier molecular flexibility index (Phi) is 4.65. The number of halogens is 2. The van der Waals surface area contributed by atoms with Gasteiger partial charge in [-0.05, 0) is 42.0 Å². The van der Waals surface area contributed by atoms with Crippen molar-refractivity contribution < 1.29 is 13.9 Å². The third-order valence-electron chi connectivity index (χ3n) is 3.82. The van der Waals surface area contributed by atoms with E-state index in [4.69, 9.17) is 21.1 Å². The van der Waals surface area contributed by atoms with Crippen LogP contribution in [0.3, 0.4) is 0 Å². The monoisotopic (exact) mass is 376 g/mol. The van der Waals surface area contributed by atoms with Crippen LogP contribution in [0.15, 0.2) is 47.8 Å². The highest BCUT2D eigenvalue weighted by Gasteiger charge is 2.17. The van der Waals surface area contributed by atoms with E-state index in [9.17, 15) is 4.39 Å². The first kappa shape index (κ1) is 16.4. The van der Waals surface area contributed by atoms with Crippen molar-refractivity contribution >= 4 is 23.4 Å². The topological polar surface area (TPSA) is 47.1 Å². The molecule has 3 aromatic rings. The third-order valence-corrected chi connectivity index (χ3v) is 4.98. The highest BCUT2D eigenvalue weighted by molar-refractivity contribution is 7.98. The molecule has 0 spiro atoms. The number of H-pyrrole nitrogens is 1. The summed E-state index contributed by atoms with van der Waals surface area (Å²) in [6.07, 6.45) is 1.74. The molecule has 2 aromatic carbocycles. The lowest BCUT2D eigenvalue weighted by Crippen LogP contribution is -2.12. The number of thioether (sulfide) groups is 1. The minimum Gasteiger partial charge on any atom is -0.467 e. The Labute approximate surface area is 153 Å². The van der Waals surface area contributed by atoms with Crippen LogP contribution in [-0.4, -0.2) is 16.8 Å². The van der Waals surface area contributed by atoms with Crippen LogP contribution >= 0.6 is 23.4 Å². The van der Waals surface area contributed by atoms with Gasteiger partial charge in [0.25, 0.3) is 0 Å². The molecule has 2 heterocycles. The first-order valence-corrected chi connectivity index (χ1v) is 9.01. The number of nitrogens with zero attached hydrogens (tertiary/aromatic N) is 1. The Balaban J connectivity index is 1.51. The predicted molar refractivity (Wildman–Crippen MR) is 95.3 cm³/mol. The average Bonchev–Trinajstić information content (AvgIpc) is 3.09. The van der Waals surface area contributed by atoms with E-state index in [2.05, 4.69) is 9.97 Å². The summed E-state index contributed by atoms with van der Waals surface area (Å²) >= 11 is 7.74. The molecule has 0 saturated carbocycles. The number of hydrogen-bond acceptors (Lipinski definition) is 4. The summed E-state index contributed by atoms with van der Waals surface area (Å²) in [6.45, 7) is 0.755. The van der Waals surface area contributed by atoms with Crippen LogP contribution in [0.5, 0.6) is 5.75 Å². The third kappa shape index (κ3) is 3.66. The van der Waals surface area contributed by atoms with Crippen LogP contribution in [0.2, 0.25) is 5.02 Å². The van der Waals surface area contributed by atoms with Gasteiger partial charge in [0, 0.05) is 21.9 Å². The Morgan fingerprint density at radius 3 is 2.92 bits per heavy atom. The van der Waals surface area contributed by atoms with Gasteiger partial charge in [-0.2, -0.15) is 0 Å². The normalized spacial score (nSPS) is 13.4. The van der Waals surface area contributed by atoms with Crippen LogP contribution in [0.4, 0.5) is 4.39 Å². The molecule has 0 amide bonds. The quantitative estimate of drug-likeness (QED) is 0.649. The summed E-state index contributed by atoms with van der Waals surface area (Å²) in [5.74, 6) is 1.25. The molecular weight excluding hydrogens is 363 g/mol. The zero-order chi connectivity index (χ0) is 17.2. The fourth-order valence-electron chi connectivity index (χ4n) is 2.66. The van der Waals surface area contributed by atoms with E-state index in [0.717, 1.165) is 33.3 Å². The van der Waals surface area contributed by atoms with Gasteiger partial charge in [-0.3, -0.25) is 0 Å². The zero-order valence-corrected chi connectivity index (χ0v) is 14.7. The molecule has 0 fully saturated rings. The van der Waals surface area contributed by atoms with Crippen molar-refractivity contribution in [1.29, 1.82) is 0 Å². The molecule has 1 aliphatic rings. The zero-order valence-electron chi connectivity index (χ0n) is 13.1. The number of benzene rings is 2. The molecule has 0 saturated heterocycles. The SMILES string of the molecule is Fc1ccc(-c2cnc(SCc3cc(Cl)cc4c3OCOC4)[nH]2)cc1. The van der Waals surface area contributed by atoms with Gasteiger partial charge in [0.2, 0.25) is 0 Å². The van der Waals surface area contributed by atoms with Crippen LogP contribution in [0, 0.1) is 5.82 Å². The Bertz CT molecular complexity index is 899. The summed E-state index contributed by atoms with van der Waals surface area (Å²) in [4.78, 5) is 7.62.